The monoisotopic (exact) mass is 244 g/mol. The highest BCUT2D eigenvalue weighted by atomic mass is 16.5. The predicted octanol–water partition coefficient (Wildman–Crippen LogP) is 0.977. The summed E-state index contributed by atoms with van der Waals surface area (Å²) in [7, 11) is 1.77. The smallest absolute Gasteiger partial charge is 0.0618 e. The van der Waals surface area contributed by atoms with Crippen LogP contribution in [0.3, 0.4) is 0 Å². The summed E-state index contributed by atoms with van der Waals surface area (Å²) >= 11 is 0. The Kier molecular flexibility index (Phi) is 7.77. The first-order chi connectivity index (χ1) is 8.33. The van der Waals surface area contributed by atoms with Gasteiger partial charge in [0.05, 0.1) is 6.61 Å². The van der Waals surface area contributed by atoms with Crippen LogP contribution in [0.5, 0.6) is 0 Å². The molecule has 0 saturated carbocycles. The molecule has 17 heavy (non-hydrogen) atoms. The summed E-state index contributed by atoms with van der Waals surface area (Å²) in [5, 5.41) is 8.94. The van der Waals surface area contributed by atoms with Crippen molar-refractivity contribution in [3.63, 3.8) is 0 Å². The maximum atomic E-state index is 8.94. The van der Waals surface area contributed by atoms with E-state index in [0.29, 0.717) is 18.7 Å². The van der Waals surface area contributed by atoms with E-state index in [9.17, 15) is 0 Å². The molecule has 0 aromatic rings. The Labute approximate surface area is 105 Å². The number of methoxy groups -OCH3 is 1. The minimum absolute atomic E-state index is 0.308. The predicted molar refractivity (Wildman–Crippen MR) is 70.0 cm³/mol. The standard InChI is InChI=1S/C13H28N2O2/c1-17-11-13(5-2-8-14)15-9-3-6-12(15)7-4-10-16/h12-13,16H,2-11,14H2,1H3. The zero-order chi connectivity index (χ0) is 12.5. The lowest BCUT2D eigenvalue weighted by atomic mass is 10.1. The molecule has 1 saturated heterocycles. The molecule has 3 N–H and O–H groups in total. The van der Waals surface area contributed by atoms with Crippen LogP contribution in [-0.2, 0) is 4.74 Å². The van der Waals surface area contributed by atoms with E-state index in [1.165, 1.54) is 19.4 Å². The van der Waals surface area contributed by atoms with Crippen molar-refractivity contribution >= 4 is 0 Å². The first-order valence-electron chi connectivity index (χ1n) is 6.89. The SMILES string of the molecule is COCC(CCCN)N1CCCC1CCCO. The molecular formula is C13H28N2O2. The van der Waals surface area contributed by atoms with Gasteiger partial charge in [-0.2, -0.15) is 0 Å². The average Bonchev–Trinajstić information content (AvgIpc) is 2.80. The van der Waals surface area contributed by atoms with Crippen LogP contribution >= 0.6 is 0 Å². The van der Waals surface area contributed by atoms with Crippen molar-refractivity contribution in [1.29, 1.82) is 0 Å². The van der Waals surface area contributed by atoms with Crippen LogP contribution in [0.1, 0.15) is 38.5 Å². The lowest BCUT2D eigenvalue weighted by Gasteiger charge is -2.32. The molecule has 1 aliphatic rings. The molecule has 102 valence electrons. The van der Waals surface area contributed by atoms with Crippen LogP contribution in [0.2, 0.25) is 0 Å². The van der Waals surface area contributed by atoms with Crippen LogP contribution < -0.4 is 5.73 Å². The van der Waals surface area contributed by atoms with Crippen LogP contribution in [0.15, 0.2) is 0 Å². The van der Waals surface area contributed by atoms with Gasteiger partial charge in [-0.05, 0) is 51.6 Å². The summed E-state index contributed by atoms with van der Waals surface area (Å²) in [6, 6.07) is 1.15. The van der Waals surface area contributed by atoms with Gasteiger partial charge in [-0.15, -0.1) is 0 Å². The zero-order valence-electron chi connectivity index (χ0n) is 11.1. The van der Waals surface area contributed by atoms with E-state index in [0.717, 1.165) is 38.8 Å². The maximum Gasteiger partial charge on any atom is 0.0618 e. The van der Waals surface area contributed by atoms with Gasteiger partial charge < -0.3 is 15.6 Å². The molecule has 2 unspecified atom stereocenters. The second kappa shape index (κ2) is 8.86. The molecule has 1 heterocycles. The lowest BCUT2D eigenvalue weighted by molar-refractivity contribution is 0.0715. The van der Waals surface area contributed by atoms with E-state index in [-0.39, 0.29) is 0 Å². The van der Waals surface area contributed by atoms with Gasteiger partial charge >= 0.3 is 0 Å². The fourth-order valence-corrected chi connectivity index (χ4v) is 2.87. The summed E-state index contributed by atoms with van der Waals surface area (Å²) in [6.45, 7) is 3.04. The van der Waals surface area contributed by atoms with Gasteiger partial charge in [0.2, 0.25) is 0 Å². The number of rotatable bonds is 9. The number of aliphatic hydroxyl groups excluding tert-OH is 1. The van der Waals surface area contributed by atoms with Gasteiger partial charge in [0.25, 0.3) is 0 Å². The molecule has 0 amide bonds. The molecular weight excluding hydrogens is 216 g/mol. The second-order valence-electron chi connectivity index (χ2n) is 4.94. The second-order valence-corrected chi connectivity index (χ2v) is 4.94. The van der Waals surface area contributed by atoms with Crippen LogP contribution in [0.25, 0.3) is 0 Å². The van der Waals surface area contributed by atoms with Gasteiger partial charge in [0.15, 0.2) is 0 Å². The van der Waals surface area contributed by atoms with Gasteiger partial charge in [0.1, 0.15) is 0 Å². The normalized spacial score (nSPS) is 23.1. The van der Waals surface area contributed by atoms with Crippen molar-refractivity contribution in [2.24, 2.45) is 5.73 Å². The van der Waals surface area contributed by atoms with E-state index in [1.807, 2.05) is 0 Å². The zero-order valence-corrected chi connectivity index (χ0v) is 11.1. The quantitative estimate of drug-likeness (QED) is 0.635. The minimum atomic E-state index is 0.308. The van der Waals surface area contributed by atoms with Crippen LogP contribution in [0.4, 0.5) is 0 Å². The summed E-state index contributed by atoms with van der Waals surface area (Å²) in [4.78, 5) is 2.58. The van der Waals surface area contributed by atoms with E-state index < -0.39 is 0 Å². The lowest BCUT2D eigenvalue weighted by Crippen LogP contribution is -2.42. The van der Waals surface area contributed by atoms with Crippen LogP contribution in [-0.4, -0.2) is 55.5 Å². The molecule has 0 aliphatic carbocycles. The van der Waals surface area contributed by atoms with Crippen molar-refractivity contribution in [2.75, 3.05) is 33.4 Å². The molecule has 0 aromatic carbocycles. The molecule has 4 heteroatoms. The first kappa shape index (κ1) is 14.9. The fourth-order valence-electron chi connectivity index (χ4n) is 2.87. The van der Waals surface area contributed by atoms with Gasteiger partial charge in [-0.25, -0.2) is 0 Å². The Bertz CT molecular complexity index is 190. The largest absolute Gasteiger partial charge is 0.396 e. The number of nitrogens with two attached hydrogens (primary N) is 1. The van der Waals surface area contributed by atoms with E-state index in [2.05, 4.69) is 4.90 Å². The third kappa shape index (κ3) is 4.92. The number of likely N-dealkylation sites (tertiary alicyclic amines) is 1. The average molecular weight is 244 g/mol. The number of hydrogen-bond acceptors (Lipinski definition) is 4. The number of aliphatic hydroxyl groups is 1. The van der Waals surface area contributed by atoms with E-state index >= 15 is 0 Å². The number of hydrogen-bond donors (Lipinski definition) is 2. The molecule has 4 nitrogen and oxygen atoms in total. The minimum Gasteiger partial charge on any atom is -0.396 e. The molecule has 0 aromatic heterocycles. The number of nitrogens with zero attached hydrogens (tertiary/aromatic N) is 1. The van der Waals surface area contributed by atoms with Crippen molar-refractivity contribution in [1.82, 2.24) is 4.90 Å². The Hall–Kier alpha value is -0.160. The Morgan fingerprint density at radius 3 is 2.94 bits per heavy atom. The van der Waals surface area contributed by atoms with Gasteiger partial charge in [-0.1, -0.05) is 0 Å². The molecule has 1 fully saturated rings. The summed E-state index contributed by atoms with van der Waals surface area (Å²) in [5.41, 5.74) is 5.59. The van der Waals surface area contributed by atoms with Gasteiger partial charge in [-0.3, -0.25) is 4.90 Å². The number of ether oxygens (including phenoxy) is 1. The summed E-state index contributed by atoms with van der Waals surface area (Å²) in [5.74, 6) is 0. The highest BCUT2D eigenvalue weighted by molar-refractivity contribution is 4.84. The Balaban J connectivity index is 2.45. The van der Waals surface area contributed by atoms with Crippen molar-refractivity contribution in [3.05, 3.63) is 0 Å². The third-order valence-electron chi connectivity index (χ3n) is 3.69. The molecule has 2 atom stereocenters. The van der Waals surface area contributed by atoms with E-state index in [4.69, 9.17) is 15.6 Å². The van der Waals surface area contributed by atoms with Crippen LogP contribution in [0, 0.1) is 0 Å². The molecule has 1 rings (SSSR count). The van der Waals surface area contributed by atoms with Gasteiger partial charge in [0, 0.05) is 25.8 Å². The van der Waals surface area contributed by atoms with Crippen molar-refractivity contribution in [2.45, 2.75) is 50.6 Å². The molecule has 0 radical (unpaired) electrons. The topological polar surface area (TPSA) is 58.7 Å². The Morgan fingerprint density at radius 1 is 1.47 bits per heavy atom. The summed E-state index contributed by atoms with van der Waals surface area (Å²) < 4.78 is 5.33. The molecule has 0 spiro atoms. The van der Waals surface area contributed by atoms with Crippen molar-refractivity contribution in [3.8, 4) is 0 Å². The van der Waals surface area contributed by atoms with E-state index in [1.54, 1.807) is 7.11 Å². The fraction of sp³-hybridized carbons (Fsp3) is 1.00. The maximum absolute atomic E-state index is 8.94. The van der Waals surface area contributed by atoms with Crippen molar-refractivity contribution < 1.29 is 9.84 Å². The molecule has 1 aliphatic heterocycles. The third-order valence-corrected chi connectivity index (χ3v) is 3.69. The molecule has 0 bridgehead atoms. The highest BCUT2D eigenvalue weighted by Gasteiger charge is 2.29. The summed E-state index contributed by atoms with van der Waals surface area (Å²) in [6.07, 6.45) is 6.76. The Morgan fingerprint density at radius 2 is 2.29 bits per heavy atom. The first-order valence-corrected chi connectivity index (χ1v) is 6.89. The highest BCUT2D eigenvalue weighted by Crippen LogP contribution is 2.25.